The van der Waals surface area contributed by atoms with Crippen molar-refractivity contribution in [3.63, 3.8) is 0 Å². The molecule has 0 heterocycles. The van der Waals surface area contributed by atoms with Crippen LogP contribution in [0.25, 0.3) is 0 Å². The summed E-state index contributed by atoms with van der Waals surface area (Å²) in [5, 5.41) is 9.13. The lowest BCUT2D eigenvalue weighted by Crippen LogP contribution is -2.49. The molecule has 0 spiro atoms. The van der Waals surface area contributed by atoms with Crippen molar-refractivity contribution in [2.45, 2.75) is 25.0 Å². The zero-order valence-electron chi connectivity index (χ0n) is 6.49. The van der Waals surface area contributed by atoms with E-state index in [2.05, 4.69) is 4.74 Å². The van der Waals surface area contributed by atoms with E-state index >= 15 is 0 Å². The number of carbonyl (C=O) groups excluding carboxylic acids is 1. The minimum Gasteiger partial charge on any atom is -0.468 e. The molecule has 0 aromatic heterocycles. The summed E-state index contributed by atoms with van der Waals surface area (Å²) in [6.07, 6.45) is 1.15. The molecule has 1 rings (SSSR count). The van der Waals surface area contributed by atoms with Gasteiger partial charge in [0.05, 0.1) is 13.2 Å². The summed E-state index contributed by atoms with van der Waals surface area (Å²) in [5.74, 6) is -0.531. The first-order valence-electron chi connectivity index (χ1n) is 3.68. The molecular weight excluding hydrogens is 146 g/mol. The number of nitrogens with two attached hydrogens (primary N) is 1. The normalized spacial score (nSPS) is 32.3. The Kier molecular flexibility index (Phi) is 2.46. The maximum Gasteiger partial charge on any atom is 0.323 e. The third kappa shape index (κ3) is 1.52. The summed E-state index contributed by atoms with van der Waals surface area (Å²) in [4.78, 5) is 10.8. The molecule has 1 aliphatic rings. The van der Waals surface area contributed by atoms with Gasteiger partial charge >= 0.3 is 5.97 Å². The van der Waals surface area contributed by atoms with Gasteiger partial charge < -0.3 is 15.6 Å². The quantitative estimate of drug-likeness (QED) is 0.520. The summed E-state index contributed by atoms with van der Waals surface area (Å²) in [6.45, 7) is 0. The van der Waals surface area contributed by atoms with E-state index in [1.165, 1.54) is 7.11 Å². The van der Waals surface area contributed by atoms with Crippen LogP contribution in [0, 0.1) is 5.92 Å². The van der Waals surface area contributed by atoms with Gasteiger partial charge in [0.15, 0.2) is 0 Å². The largest absolute Gasteiger partial charge is 0.468 e. The highest BCUT2D eigenvalue weighted by atomic mass is 16.5. The zero-order valence-corrected chi connectivity index (χ0v) is 6.49. The highest BCUT2D eigenvalue weighted by molar-refractivity contribution is 5.75. The molecule has 1 saturated carbocycles. The average molecular weight is 159 g/mol. The Balaban J connectivity index is 2.40. The first-order chi connectivity index (χ1) is 5.16. The molecule has 1 fully saturated rings. The van der Waals surface area contributed by atoms with Crippen molar-refractivity contribution in [1.29, 1.82) is 0 Å². The van der Waals surface area contributed by atoms with E-state index < -0.39 is 18.1 Å². The van der Waals surface area contributed by atoms with E-state index in [1.54, 1.807) is 0 Å². The number of hydrogen-bond acceptors (Lipinski definition) is 4. The Morgan fingerprint density at radius 2 is 2.36 bits per heavy atom. The molecule has 4 nitrogen and oxygen atoms in total. The zero-order chi connectivity index (χ0) is 8.43. The maximum absolute atomic E-state index is 10.8. The fourth-order valence-corrected chi connectivity index (χ4v) is 1.24. The molecule has 3 atom stereocenters. The number of rotatable bonds is 2. The van der Waals surface area contributed by atoms with Crippen LogP contribution in [-0.4, -0.2) is 30.3 Å². The van der Waals surface area contributed by atoms with E-state index in [0.29, 0.717) is 0 Å². The fraction of sp³-hybridized carbons (Fsp3) is 0.857. The van der Waals surface area contributed by atoms with Crippen LogP contribution in [0.3, 0.4) is 0 Å². The molecule has 0 amide bonds. The van der Waals surface area contributed by atoms with Crippen LogP contribution in [0.4, 0.5) is 0 Å². The van der Waals surface area contributed by atoms with Gasteiger partial charge in [0.2, 0.25) is 0 Å². The molecule has 0 aliphatic heterocycles. The third-order valence-corrected chi connectivity index (χ3v) is 2.22. The minimum atomic E-state index is -0.649. The summed E-state index contributed by atoms with van der Waals surface area (Å²) in [5.41, 5.74) is 5.49. The van der Waals surface area contributed by atoms with Crippen molar-refractivity contribution in [2.24, 2.45) is 11.7 Å². The van der Waals surface area contributed by atoms with Crippen LogP contribution in [-0.2, 0) is 9.53 Å². The molecule has 0 aromatic rings. The number of hydrogen-bond donors (Lipinski definition) is 2. The van der Waals surface area contributed by atoms with Crippen molar-refractivity contribution < 1.29 is 14.6 Å². The molecule has 3 N–H and O–H groups in total. The molecule has 11 heavy (non-hydrogen) atoms. The monoisotopic (exact) mass is 159 g/mol. The van der Waals surface area contributed by atoms with E-state index in [9.17, 15) is 4.79 Å². The van der Waals surface area contributed by atoms with Gasteiger partial charge in [0.25, 0.3) is 0 Å². The molecule has 64 valence electrons. The smallest absolute Gasteiger partial charge is 0.323 e. The van der Waals surface area contributed by atoms with Gasteiger partial charge in [-0.1, -0.05) is 0 Å². The number of aliphatic hydroxyl groups excluding tert-OH is 1. The van der Waals surface area contributed by atoms with E-state index in [0.717, 1.165) is 12.8 Å². The van der Waals surface area contributed by atoms with Crippen LogP contribution in [0.2, 0.25) is 0 Å². The highest BCUT2D eigenvalue weighted by Crippen LogP contribution is 2.29. The summed E-state index contributed by atoms with van der Waals surface area (Å²) >= 11 is 0. The molecule has 1 aliphatic carbocycles. The second kappa shape index (κ2) is 3.19. The molecule has 3 unspecified atom stereocenters. The fourth-order valence-electron chi connectivity index (χ4n) is 1.24. The maximum atomic E-state index is 10.8. The van der Waals surface area contributed by atoms with Crippen molar-refractivity contribution >= 4 is 5.97 Å². The highest BCUT2D eigenvalue weighted by Gasteiger charge is 2.37. The standard InChI is InChI=1S/C7H13NO3/c1-11-7(10)6(8)4-2-3-5(4)9/h4-6,9H,2-3,8H2,1H3. The number of carbonyl (C=O) groups is 1. The Morgan fingerprint density at radius 1 is 1.73 bits per heavy atom. The second-order valence-corrected chi connectivity index (χ2v) is 2.86. The lowest BCUT2D eigenvalue weighted by atomic mass is 9.77. The Labute approximate surface area is 65.3 Å². The molecular formula is C7H13NO3. The van der Waals surface area contributed by atoms with Crippen molar-refractivity contribution in [3.05, 3.63) is 0 Å². The van der Waals surface area contributed by atoms with Crippen LogP contribution in [0.1, 0.15) is 12.8 Å². The first-order valence-corrected chi connectivity index (χ1v) is 3.68. The number of ether oxygens (including phenoxy) is 1. The van der Waals surface area contributed by atoms with Gasteiger partial charge in [0, 0.05) is 5.92 Å². The van der Waals surface area contributed by atoms with Crippen LogP contribution in [0.15, 0.2) is 0 Å². The van der Waals surface area contributed by atoms with Gasteiger partial charge in [0.1, 0.15) is 6.04 Å². The predicted molar refractivity (Wildman–Crippen MR) is 38.7 cm³/mol. The number of esters is 1. The summed E-state index contributed by atoms with van der Waals surface area (Å²) < 4.78 is 4.44. The van der Waals surface area contributed by atoms with Gasteiger partial charge in [-0.25, -0.2) is 0 Å². The average Bonchev–Trinajstić information content (AvgIpc) is 2.00. The van der Waals surface area contributed by atoms with E-state index in [4.69, 9.17) is 10.8 Å². The van der Waals surface area contributed by atoms with Gasteiger partial charge in [-0.2, -0.15) is 0 Å². The van der Waals surface area contributed by atoms with Crippen molar-refractivity contribution in [1.82, 2.24) is 0 Å². The lowest BCUT2D eigenvalue weighted by Gasteiger charge is -2.35. The van der Waals surface area contributed by atoms with Gasteiger partial charge in [-0.15, -0.1) is 0 Å². The van der Waals surface area contributed by atoms with Crippen LogP contribution < -0.4 is 5.73 Å². The molecule has 4 heteroatoms. The van der Waals surface area contributed by atoms with Gasteiger partial charge in [-0.05, 0) is 12.8 Å². The van der Waals surface area contributed by atoms with Crippen molar-refractivity contribution in [3.8, 4) is 0 Å². The lowest BCUT2D eigenvalue weighted by molar-refractivity contribution is -0.146. The number of aliphatic hydroxyl groups is 1. The second-order valence-electron chi connectivity index (χ2n) is 2.86. The SMILES string of the molecule is COC(=O)C(N)C1CCC1O. The Bertz CT molecular complexity index is 160. The van der Waals surface area contributed by atoms with Crippen LogP contribution >= 0.6 is 0 Å². The van der Waals surface area contributed by atoms with Crippen molar-refractivity contribution in [2.75, 3.05) is 7.11 Å². The minimum absolute atomic E-state index is 0.0950. The van der Waals surface area contributed by atoms with Crippen LogP contribution in [0.5, 0.6) is 0 Å². The molecule has 0 saturated heterocycles. The third-order valence-electron chi connectivity index (χ3n) is 2.22. The summed E-state index contributed by atoms with van der Waals surface area (Å²) in [7, 11) is 1.30. The Hall–Kier alpha value is -0.610. The van der Waals surface area contributed by atoms with E-state index in [1.807, 2.05) is 0 Å². The predicted octanol–water partition coefficient (Wildman–Crippen LogP) is -0.742. The topological polar surface area (TPSA) is 72.5 Å². The molecule has 0 radical (unpaired) electrons. The first kappa shape index (κ1) is 8.49. The molecule has 0 aromatic carbocycles. The number of methoxy groups -OCH3 is 1. The van der Waals surface area contributed by atoms with E-state index in [-0.39, 0.29) is 5.92 Å². The molecule has 0 bridgehead atoms. The Morgan fingerprint density at radius 3 is 2.64 bits per heavy atom. The van der Waals surface area contributed by atoms with Gasteiger partial charge in [-0.3, -0.25) is 4.79 Å². The summed E-state index contributed by atoms with van der Waals surface area (Å²) in [6, 6.07) is -0.649.